The molecular weight excluding hydrogens is 188 g/mol. The first-order valence-corrected chi connectivity index (χ1v) is 5.44. The highest BCUT2D eigenvalue weighted by Crippen LogP contribution is 2.24. The first-order chi connectivity index (χ1) is 7.16. The van der Waals surface area contributed by atoms with Crippen LogP contribution in [-0.2, 0) is 0 Å². The average molecular weight is 206 g/mol. The number of likely N-dealkylation sites (N-methyl/N-ethyl adjacent to an activating group) is 1. The summed E-state index contributed by atoms with van der Waals surface area (Å²) < 4.78 is 0. The summed E-state index contributed by atoms with van der Waals surface area (Å²) in [4.78, 5) is 11.0. The molecule has 2 atom stereocenters. The molecule has 2 N–H and O–H groups in total. The summed E-state index contributed by atoms with van der Waals surface area (Å²) in [5.74, 6) is 1.30. The monoisotopic (exact) mass is 206 g/mol. The van der Waals surface area contributed by atoms with Gasteiger partial charge in [-0.25, -0.2) is 9.97 Å². The molecule has 1 aliphatic rings. The van der Waals surface area contributed by atoms with E-state index in [-0.39, 0.29) is 6.04 Å². The van der Waals surface area contributed by atoms with Crippen molar-refractivity contribution in [3.63, 3.8) is 0 Å². The molecule has 0 spiro atoms. The summed E-state index contributed by atoms with van der Waals surface area (Å²) in [6, 6.07) is 1.93. The molecular formula is C11H18N4. The fourth-order valence-corrected chi connectivity index (χ4v) is 2.01. The van der Waals surface area contributed by atoms with E-state index >= 15 is 0 Å². The largest absolute Gasteiger partial charge is 0.322 e. The summed E-state index contributed by atoms with van der Waals surface area (Å²) in [6.45, 7) is 4.16. The van der Waals surface area contributed by atoms with Gasteiger partial charge < -0.3 is 10.6 Å². The molecule has 1 fully saturated rings. The molecule has 1 aromatic heterocycles. The van der Waals surface area contributed by atoms with Crippen molar-refractivity contribution >= 4 is 0 Å². The number of likely N-dealkylation sites (tertiary alicyclic amines) is 1. The Bertz CT molecular complexity index is 337. The third-order valence-electron chi connectivity index (χ3n) is 2.91. The van der Waals surface area contributed by atoms with Crippen LogP contribution < -0.4 is 5.73 Å². The van der Waals surface area contributed by atoms with Gasteiger partial charge in [-0.15, -0.1) is 0 Å². The Morgan fingerprint density at radius 2 is 2.40 bits per heavy atom. The summed E-state index contributed by atoms with van der Waals surface area (Å²) in [6.07, 6.45) is 3.01. The number of hydrogen-bond acceptors (Lipinski definition) is 4. The van der Waals surface area contributed by atoms with Crippen molar-refractivity contribution in [1.82, 2.24) is 14.9 Å². The maximum atomic E-state index is 5.77. The van der Waals surface area contributed by atoms with Crippen molar-refractivity contribution in [3.8, 4) is 0 Å². The number of nitrogens with two attached hydrogens (primary N) is 1. The van der Waals surface area contributed by atoms with E-state index in [2.05, 4.69) is 21.9 Å². The van der Waals surface area contributed by atoms with Crippen molar-refractivity contribution in [1.29, 1.82) is 0 Å². The SMILES string of the molecule is CC(N)c1nccc(C2CCN(C)C2)n1. The van der Waals surface area contributed by atoms with Crippen LogP contribution in [0.2, 0.25) is 0 Å². The Balaban J connectivity index is 2.18. The molecule has 1 aliphatic heterocycles. The Morgan fingerprint density at radius 1 is 1.60 bits per heavy atom. The molecule has 0 aliphatic carbocycles. The lowest BCUT2D eigenvalue weighted by atomic mass is 10.0. The second kappa shape index (κ2) is 4.24. The third-order valence-corrected chi connectivity index (χ3v) is 2.91. The van der Waals surface area contributed by atoms with Gasteiger partial charge in [0, 0.05) is 24.4 Å². The molecule has 82 valence electrons. The summed E-state index contributed by atoms with van der Waals surface area (Å²) >= 11 is 0. The molecule has 4 nitrogen and oxygen atoms in total. The molecule has 0 amide bonds. The molecule has 0 aromatic carbocycles. The zero-order chi connectivity index (χ0) is 10.8. The van der Waals surface area contributed by atoms with Crippen molar-refractivity contribution < 1.29 is 0 Å². The van der Waals surface area contributed by atoms with Crippen LogP contribution in [0, 0.1) is 0 Å². The standard InChI is InChI=1S/C11H18N4/c1-8(12)11-13-5-3-10(14-11)9-4-6-15(2)7-9/h3,5,8-9H,4,6-7,12H2,1-2H3. The topological polar surface area (TPSA) is 55.0 Å². The maximum absolute atomic E-state index is 5.77. The molecule has 0 bridgehead atoms. The van der Waals surface area contributed by atoms with E-state index in [0.29, 0.717) is 5.92 Å². The lowest BCUT2D eigenvalue weighted by molar-refractivity contribution is 0.410. The lowest BCUT2D eigenvalue weighted by Crippen LogP contribution is -2.15. The van der Waals surface area contributed by atoms with E-state index in [0.717, 1.165) is 24.6 Å². The van der Waals surface area contributed by atoms with Gasteiger partial charge in [0.1, 0.15) is 5.82 Å². The van der Waals surface area contributed by atoms with Crippen LogP contribution in [-0.4, -0.2) is 35.0 Å². The van der Waals surface area contributed by atoms with Gasteiger partial charge in [-0.1, -0.05) is 0 Å². The maximum Gasteiger partial charge on any atom is 0.144 e. The highest BCUT2D eigenvalue weighted by molar-refractivity contribution is 5.12. The molecule has 1 saturated heterocycles. The zero-order valence-corrected chi connectivity index (χ0v) is 9.35. The summed E-state index contributed by atoms with van der Waals surface area (Å²) in [5.41, 5.74) is 6.91. The zero-order valence-electron chi connectivity index (χ0n) is 9.35. The van der Waals surface area contributed by atoms with E-state index in [1.165, 1.54) is 6.42 Å². The van der Waals surface area contributed by atoms with E-state index in [9.17, 15) is 0 Å². The van der Waals surface area contributed by atoms with E-state index in [1.54, 1.807) is 0 Å². The van der Waals surface area contributed by atoms with Crippen LogP contribution in [0.3, 0.4) is 0 Å². The van der Waals surface area contributed by atoms with Crippen LogP contribution >= 0.6 is 0 Å². The van der Waals surface area contributed by atoms with E-state index in [1.807, 2.05) is 19.2 Å². The number of rotatable bonds is 2. The Morgan fingerprint density at radius 3 is 3.00 bits per heavy atom. The molecule has 2 unspecified atom stereocenters. The first kappa shape index (κ1) is 10.5. The highest BCUT2D eigenvalue weighted by atomic mass is 15.1. The summed E-state index contributed by atoms with van der Waals surface area (Å²) in [7, 11) is 2.15. The predicted molar refractivity (Wildman–Crippen MR) is 59.5 cm³/mol. The van der Waals surface area contributed by atoms with Gasteiger partial charge in [0.2, 0.25) is 0 Å². The van der Waals surface area contributed by atoms with Crippen LogP contribution in [0.15, 0.2) is 12.3 Å². The molecule has 2 heterocycles. The fraction of sp³-hybridized carbons (Fsp3) is 0.636. The van der Waals surface area contributed by atoms with Crippen molar-refractivity contribution in [2.45, 2.75) is 25.3 Å². The summed E-state index contributed by atoms with van der Waals surface area (Å²) in [5, 5.41) is 0. The second-order valence-corrected chi connectivity index (χ2v) is 4.38. The molecule has 1 aromatic rings. The minimum Gasteiger partial charge on any atom is -0.322 e. The highest BCUT2D eigenvalue weighted by Gasteiger charge is 2.22. The van der Waals surface area contributed by atoms with Crippen molar-refractivity contribution in [2.75, 3.05) is 20.1 Å². The fourth-order valence-electron chi connectivity index (χ4n) is 2.01. The predicted octanol–water partition coefficient (Wildman–Crippen LogP) is 0.915. The average Bonchev–Trinajstić information content (AvgIpc) is 2.65. The first-order valence-electron chi connectivity index (χ1n) is 5.44. The second-order valence-electron chi connectivity index (χ2n) is 4.38. The quantitative estimate of drug-likeness (QED) is 0.781. The van der Waals surface area contributed by atoms with Crippen LogP contribution in [0.4, 0.5) is 0 Å². The van der Waals surface area contributed by atoms with Crippen LogP contribution in [0.1, 0.15) is 36.8 Å². The van der Waals surface area contributed by atoms with Crippen LogP contribution in [0.5, 0.6) is 0 Å². The van der Waals surface area contributed by atoms with Gasteiger partial charge in [-0.2, -0.15) is 0 Å². The molecule has 4 heteroatoms. The van der Waals surface area contributed by atoms with Gasteiger partial charge in [0.05, 0.1) is 6.04 Å². The van der Waals surface area contributed by atoms with E-state index < -0.39 is 0 Å². The van der Waals surface area contributed by atoms with Gasteiger partial charge >= 0.3 is 0 Å². The number of nitrogens with zero attached hydrogens (tertiary/aromatic N) is 3. The Kier molecular flexibility index (Phi) is 2.98. The van der Waals surface area contributed by atoms with Crippen molar-refractivity contribution in [3.05, 3.63) is 23.8 Å². The van der Waals surface area contributed by atoms with Gasteiger partial charge in [0.25, 0.3) is 0 Å². The minimum absolute atomic E-state index is 0.0796. The normalized spacial score (nSPS) is 24.3. The van der Waals surface area contributed by atoms with Gasteiger partial charge in [0.15, 0.2) is 0 Å². The third kappa shape index (κ3) is 2.33. The smallest absolute Gasteiger partial charge is 0.144 e. The molecule has 15 heavy (non-hydrogen) atoms. The molecule has 0 saturated carbocycles. The Hall–Kier alpha value is -1.00. The van der Waals surface area contributed by atoms with Crippen molar-refractivity contribution in [2.24, 2.45) is 5.73 Å². The van der Waals surface area contributed by atoms with Crippen LogP contribution in [0.25, 0.3) is 0 Å². The van der Waals surface area contributed by atoms with Gasteiger partial charge in [-0.05, 0) is 33.0 Å². The number of hydrogen-bond donors (Lipinski definition) is 1. The van der Waals surface area contributed by atoms with E-state index in [4.69, 9.17) is 5.73 Å². The Labute approximate surface area is 90.5 Å². The minimum atomic E-state index is -0.0796. The lowest BCUT2D eigenvalue weighted by Gasteiger charge is -2.11. The number of aromatic nitrogens is 2. The molecule has 2 rings (SSSR count). The van der Waals surface area contributed by atoms with Gasteiger partial charge in [-0.3, -0.25) is 0 Å². The molecule has 0 radical (unpaired) electrons.